The molecule has 1 aromatic carbocycles. The topological polar surface area (TPSA) is 59.8 Å². The monoisotopic (exact) mass is 414 g/mol. The maximum atomic E-state index is 12.6. The number of aromatic nitrogens is 3. The molecule has 2 aromatic heterocycles. The average molecular weight is 415 g/mol. The second-order valence-corrected chi connectivity index (χ2v) is 6.29. The van der Waals surface area contributed by atoms with Crippen molar-refractivity contribution >= 4 is 28.9 Å². The molecule has 5 nitrogen and oxygen atoms in total. The summed E-state index contributed by atoms with van der Waals surface area (Å²) >= 11 is 11.9. The normalized spacial score (nSPS) is 11.4. The van der Waals surface area contributed by atoms with Crippen molar-refractivity contribution in [2.24, 2.45) is 0 Å². The third-order valence-electron chi connectivity index (χ3n) is 3.61. The highest BCUT2D eigenvalue weighted by molar-refractivity contribution is 6.33. The van der Waals surface area contributed by atoms with Crippen LogP contribution in [0.25, 0.3) is 5.82 Å². The van der Waals surface area contributed by atoms with Crippen molar-refractivity contribution in [3.05, 3.63) is 80.3 Å². The van der Waals surface area contributed by atoms with E-state index in [1.165, 1.54) is 6.20 Å². The van der Waals surface area contributed by atoms with Crippen LogP contribution in [0.2, 0.25) is 10.0 Å². The molecule has 0 fully saturated rings. The van der Waals surface area contributed by atoms with Crippen LogP contribution >= 0.6 is 23.2 Å². The minimum atomic E-state index is -4.52. The molecular formula is C17H11Cl2F3N4O. The Labute approximate surface area is 161 Å². The van der Waals surface area contributed by atoms with Gasteiger partial charge in [0.05, 0.1) is 17.4 Å². The number of alkyl halides is 3. The number of halogens is 5. The summed E-state index contributed by atoms with van der Waals surface area (Å²) in [5.41, 5.74) is -0.430. The van der Waals surface area contributed by atoms with Crippen LogP contribution in [-0.2, 0) is 12.7 Å². The van der Waals surface area contributed by atoms with Crippen molar-refractivity contribution in [1.82, 2.24) is 14.8 Å². The van der Waals surface area contributed by atoms with E-state index in [4.69, 9.17) is 23.2 Å². The maximum Gasteiger partial charge on any atom is 0.417 e. The van der Waals surface area contributed by atoms with Gasteiger partial charge in [0.25, 0.3) is 5.56 Å². The zero-order valence-corrected chi connectivity index (χ0v) is 15.0. The van der Waals surface area contributed by atoms with Crippen LogP contribution in [0.4, 0.5) is 18.9 Å². The molecule has 0 unspecified atom stereocenters. The molecule has 0 radical (unpaired) electrons. The second-order valence-electron chi connectivity index (χ2n) is 5.47. The molecule has 0 saturated carbocycles. The van der Waals surface area contributed by atoms with Crippen LogP contribution in [0.5, 0.6) is 0 Å². The summed E-state index contributed by atoms with van der Waals surface area (Å²) in [6, 6.07) is 8.94. The van der Waals surface area contributed by atoms with Crippen LogP contribution in [0.1, 0.15) is 11.1 Å². The van der Waals surface area contributed by atoms with Gasteiger partial charge in [0.2, 0.25) is 0 Å². The molecule has 0 amide bonds. The standard InChI is InChI=1S/C17H11Cl2F3N4O/c18-12-4-1-10(2-5-12)7-23-13-9-25-26(16(27)15(13)19)14-6-3-11(8-24-14)17(20,21)22/h1-6,8-9,23H,7H2. The van der Waals surface area contributed by atoms with Crippen molar-refractivity contribution in [3.8, 4) is 5.82 Å². The Morgan fingerprint density at radius 1 is 1.04 bits per heavy atom. The first-order valence-corrected chi connectivity index (χ1v) is 8.31. The van der Waals surface area contributed by atoms with Crippen LogP contribution in [0, 0.1) is 0 Å². The lowest BCUT2D eigenvalue weighted by Crippen LogP contribution is -2.23. The molecule has 10 heteroatoms. The Balaban J connectivity index is 1.82. The summed E-state index contributed by atoms with van der Waals surface area (Å²) < 4.78 is 38.6. The van der Waals surface area contributed by atoms with Gasteiger partial charge < -0.3 is 5.32 Å². The Bertz CT molecular complexity index is 1000. The molecule has 3 rings (SSSR count). The number of pyridine rings is 1. The number of benzene rings is 1. The largest absolute Gasteiger partial charge is 0.417 e. The number of nitrogens with one attached hydrogen (secondary N) is 1. The fourth-order valence-electron chi connectivity index (χ4n) is 2.20. The summed E-state index contributed by atoms with van der Waals surface area (Å²) in [5, 5.41) is 7.35. The van der Waals surface area contributed by atoms with Crippen molar-refractivity contribution in [2.45, 2.75) is 12.7 Å². The van der Waals surface area contributed by atoms with E-state index in [0.717, 1.165) is 22.4 Å². The molecule has 0 bridgehead atoms. The SMILES string of the molecule is O=c1c(Cl)c(NCc2ccc(Cl)cc2)cnn1-c1ccc(C(F)(F)F)cn1. The quantitative estimate of drug-likeness (QED) is 0.679. The molecular weight excluding hydrogens is 404 g/mol. The van der Waals surface area contributed by atoms with Gasteiger partial charge in [0, 0.05) is 17.8 Å². The highest BCUT2D eigenvalue weighted by atomic mass is 35.5. The first kappa shape index (κ1) is 19.2. The third kappa shape index (κ3) is 4.40. The predicted molar refractivity (Wildman–Crippen MR) is 96.4 cm³/mol. The van der Waals surface area contributed by atoms with Gasteiger partial charge in [0.1, 0.15) is 5.02 Å². The van der Waals surface area contributed by atoms with Crippen molar-refractivity contribution < 1.29 is 13.2 Å². The number of hydrogen-bond donors (Lipinski definition) is 1. The Hall–Kier alpha value is -2.58. The highest BCUT2D eigenvalue weighted by Crippen LogP contribution is 2.28. The zero-order valence-electron chi connectivity index (χ0n) is 13.5. The molecule has 0 spiro atoms. The van der Waals surface area contributed by atoms with E-state index in [1.807, 2.05) is 12.1 Å². The highest BCUT2D eigenvalue weighted by Gasteiger charge is 2.30. The lowest BCUT2D eigenvalue weighted by Gasteiger charge is -2.11. The Kier molecular flexibility index (Phi) is 5.38. The van der Waals surface area contributed by atoms with Gasteiger partial charge in [-0.3, -0.25) is 4.79 Å². The van der Waals surface area contributed by atoms with Gasteiger partial charge in [-0.2, -0.15) is 23.0 Å². The summed E-state index contributed by atoms with van der Waals surface area (Å²) in [5.74, 6) is -0.0702. The fourth-order valence-corrected chi connectivity index (χ4v) is 2.52. The number of rotatable bonds is 4. The molecule has 0 aliphatic heterocycles. The summed E-state index contributed by atoms with van der Waals surface area (Å²) in [6.45, 7) is 0.376. The minimum absolute atomic E-state index is 0.0702. The number of hydrogen-bond acceptors (Lipinski definition) is 4. The second kappa shape index (κ2) is 7.58. The van der Waals surface area contributed by atoms with Gasteiger partial charge in [-0.05, 0) is 29.8 Å². The first-order valence-electron chi connectivity index (χ1n) is 7.55. The molecule has 27 heavy (non-hydrogen) atoms. The van der Waals surface area contributed by atoms with Gasteiger partial charge in [0.15, 0.2) is 5.82 Å². The Morgan fingerprint density at radius 2 is 1.74 bits per heavy atom. The van der Waals surface area contributed by atoms with Crippen molar-refractivity contribution in [1.29, 1.82) is 0 Å². The maximum absolute atomic E-state index is 12.6. The predicted octanol–water partition coefficient (Wildman–Crippen LogP) is 4.57. The number of anilines is 1. The Morgan fingerprint density at radius 3 is 2.33 bits per heavy atom. The van der Waals surface area contributed by atoms with E-state index in [9.17, 15) is 18.0 Å². The summed E-state index contributed by atoms with van der Waals surface area (Å²) in [6.07, 6.45) is -2.58. The minimum Gasteiger partial charge on any atom is -0.378 e. The van der Waals surface area contributed by atoms with Crippen LogP contribution in [0.3, 0.4) is 0 Å². The summed E-state index contributed by atoms with van der Waals surface area (Å²) in [7, 11) is 0. The van der Waals surface area contributed by atoms with Gasteiger partial charge >= 0.3 is 6.18 Å². The molecule has 0 aliphatic rings. The van der Waals surface area contributed by atoms with E-state index >= 15 is 0 Å². The van der Waals surface area contributed by atoms with Crippen LogP contribution in [0.15, 0.2) is 53.6 Å². The molecule has 0 saturated heterocycles. The van der Waals surface area contributed by atoms with Gasteiger partial charge in [-0.25, -0.2) is 4.98 Å². The molecule has 1 N–H and O–H groups in total. The van der Waals surface area contributed by atoms with E-state index in [2.05, 4.69) is 15.4 Å². The lowest BCUT2D eigenvalue weighted by atomic mass is 10.2. The van der Waals surface area contributed by atoms with E-state index in [-0.39, 0.29) is 10.8 Å². The van der Waals surface area contributed by atoms with Crippen LogP contribution in [-0.4, -0.2) is 14.8 Å². The number of nitrogens with zero attached hydrogens (tertiary/aromatic N) is 3. The molecule has 2 heterocycles. The lowest BCUT2D eigenvalue weighted by molar-refractivity contribution is -0.137. The van der Waals surface area contributed by atoms with E-state index < -0.39 is 17.3 Å². The molecule has 0 atom stereocenters. The van der Waals surface area contributed by atoms with E-state index in [1.54, 1.807) is 12.1 Å². The van der Waals surface area contributed by atoms with E-state index in [0.29, 0.717) is 23.5 Å². The third-order valence-corrected chi connectivity index (χ3v) is 4.22. The molecule has 140 valence electrons. The van der Waals surface area contributed by atoms with Crippen molar-refractivity contribution in [2.75, 3.05) is 5.32 Å². The van der Waals surface area contributed by atoms with Crippen molar-refractivity contribution in [3.63, 3.8) is 0 Å². The first-order chi connectivity index (χ1) is 12.8. The zero-order chi connectivity index (χ0) is 19.6. The van der Waals surface area contributed by atoms with Crippen LogP contribution < -0.4 is 10.9 Å². The van der Waals surface area contributed by atoms with Gasteiger partial charge in [-0.1, -0.05) is 35.3 Å². The molecule has 3 aromatic rings. The smallest absolute Gasteiger partial charge is 0.378 e. The average Bonchev–Trinajstić information content (AvgIpc) is 2.64. The fraction of sp³-hybridized carbons (Fsp3) is 0.118. The van der Waals surface area contributed by atoms with Gasteiger partial charge in [-0.15, -0.1) is 0 Å². The molecule has 0 aliphatic carbocycles. The summed E-state index contributed by atoms with van der Waals surface area (Å²) in [4.78, 5) is 16.0.